The van der Waals surface area contributed by atoms with Gasteiger partial charge in [-0.15, -0.1) is 0 Å². The molecule has 0 aliphatic heterocycles. The Morgan fingerprint density at radius 1 is 0.279 bits per heavy atom. The lowest BCUT2D eigenvalue weighted by atomic mass is 9.89. The van der Waals surface area contributed by atoms with E-state index in [0.717, 1.165) is 33.8 Å². The van der Waals surface area contributed by atoms with Gasteiger partial charge < -0.3 is 4.57 Å². The molecule has 0 aliphatic rings. The second-order valence-corrected chi connectivity index (χ2v) is 15.7. The van der Waals surface area contributed by atoms with E-state index in [4.69, 9.17) is 9.97 Å². The largest absolute Gasteiger partial charge is 0.309 e. The standard InChI is InChI=1S/C58H37N3/c1-4-15-38(16-5-1)39-27-29-40(30-28-39)53-37-54(60-58(59-53)41-17-6-2-7-18-41)51-25-14-24-49-45-21-10-11-22-46(45)52-35-42(32-34-50(52)57(49)51)43-31-33-48-47-23-12-13-26-55(47)61(56(48)36-43)44-19-8-3-9-20-44/h1-37H. The molecule has 0 fully saturated rings. The zero-order chi connectivity index (χ0) is 40.3. The zero-order valence-corrected chi connectivity index (χ0v) is 33.2. The van der Waals surface area contributed by atoms with Crippen LogP contribution in [0.15, 0.2) is 224 Å². The van der Waals surface area contributed by atoms with Crippen molar-refractivity contribution in [1.29, 1.82) is 0 Å². The number of hydrogen-bond donors (Lipinski definition) is 0. The highest BCUT2D eigenvalue weighted by atomic mass is 15.0. The van der Waals surface area contributed by atoms with Gasteiger partial charge in [0.15, 0.2) is 5.82 Å². The van der Waals surface area contributed by atoms with Crippen molar-refractivity contribution in [3.8, 4) is 61.8 Å². The third-order valence-corrected chi connectivity index (χ3v) is 12.2. The van der Waals surface area contributed by atoms with E-state index >= 15 is 0 Å². The van der Waals surface area contributed by atoms with Crippen LogP contribution in [0.4, 0.5) is 0 Å². The molecule has 0 spiro atoms. The summed E-state index contributed by atoms with van der Waals surface area (Å²) in [5, 5.41) is 9.75. The number of nitrogens with zero attached hydrogens (tertiary/aromatic N) is 3. The van der Waals surface area contributed by atoms with Gasteiger partial charge in [-0.2, -0.15) is 0 Å². The molecule has 12 aromatic rings. The molecule has 0 aliphatic carbocycles. The topological polar surface area (TPSA) is 30.7 Å². The van der Waals surface area contributed by atoms with Gasteiger partial charge in [0.2, 0.25) is 0 Å². The first-order chi connectivity index (χ1) is 30.2. The Kier molecular flexibility index (Phi) is 8.17. The molecule has 0 unspecified atom stereocenters. The van der Waals surface area contributed by atoms with Gasteiger partial charge in [0, 0.05) is 33.2 Å². The van der Waals surface area contributed by atoms with Gasteiger partial charge in [-0.05, 0) is 91.0 Å². The van der Waals surface area contributed by atoms with Gasteiger partial charge in [-0.25, -0.2) is 9.97 Å². The van der Waals surface area contributed by atoms with Gasteiger partial charge in [0.1, 0.15) is 0 Å². The normalized spacial score (nSPS) is 11.6. The Labute approximate surface area is 353 Å². The molecule has 2 aromatic heterocycles. The molecule has 12 rings (SSSR count). The van der Waals surface area contributed by atoms with Gasteiger partial charge in [0.25, 0.3) is 0 Å². The van der Waals surface area contributed by atoms with Crippen molar-refractivity contribution in [2.45, 2.75) is 0 Å². The van der Waals surface area contributed by atoms with Crippen LogP contribution in [0.1, 0.15) is 0 Å². The van der Waals surface area contributed by atoms with Gasteiger partial charge >= 0.3 is 0 Å². The zero-order valence-electron chi connectivity index (χ0n) is 33.2. The van der Waals surface area contributed by atoms with E-state index < -0.39 is 0 Å². The number of rotatable bonds is 6. The molecule has 3 nitrogen and oxygen atoms in total. The van der Waals surface area contributed by atoms with E-state index in [1.165, 1.54) is 76.4 Å². The van der Waals surface area contributed by atoms with Crippen LogP contribution in [-0.4, -0.2) is 14.5 Å². The fraction of sp³-hybridized carbons (Fsp3) is 0. The predicted octanol–water partition coefficient (Wildman–Crippen LogP) is 15.4. The van der Waals surface area contributed by atoms with E-state index in [-0.39, 0.29) is 0 Å². The fourth-order valence-corrected chi connectivity index (χ4v) is 9.32. The van der Waals surface area contributed by atoms with Crippen LogP contribution in [0.25, 0.3) is 116 Å². The minimum Gasteiger partial charge on any atom is -0.309 e. The number of hydrogen-bond acceptors (Lipinski definition) is 2. The highest BCUT2D eigenvalue weighted by molar-refractivity contribution is 6.28. The maximum Gasteiger partial charge on any atom is 0.160 e. The molecule has 0 saturated carbocycles. The monoisotopic (exact) mass is 775 g/mol. The van der Waals surface area contributed by atoms with Crippen LogP contribution < -0.4 is 0 Å². The molecule has 0 radical (unpaired) electrons. The highest BCUT2D eigenvalue weighted by Gasteiger charge is 2.18. The molecule has 3 heteroatoms. The number of fused-ring (bicyclic) bond motifs is 9. The van der Waals surface area contributed by atoms with Gasteiger partial charge in [-0.1, -0.05) is 188 Å². The van der Waals surface area contributed by atoms with Gasteiger partial charge in [-0.3, -0.25) is 0 Å². The summed E-state index contributed by atoms with van der Waals surface area (Å²) in [6.07, 6.45) is 0. The Morgan fingerprint density at radius 3 is 1.54 bits per heavy atom. The van der Waals surface area contributed by atoms with Crippen LogP contribution in [0.2, 0.25) is 0 Å². The van der Waals surface area contributed by atoms with Crippen LogP contribution in [0, 0.1) is 0 Å². The third-order valence-electron chi connectivity index (χ3n) is 12.2. The number of aromatic nitrogens is 3. The SMILES string of the molecule is c1ccc(-c2ccc(-c3cc(-c4cccc5c6ccccc6c6cc(-c7ccc8c9ccccc9n(-c9ccccc9)c8c7)ccc6c45)nc(-c4ccccc4)n3)cc2)cc1. The highest BCUT2D eigenvalue weighted by Crippen LogP contribution is 2.43. The lowest BCUT2D eigenvalue weighted by Crippen LogP contribution is -1.97. The maximum atomic E-state index is 5.33. The smallest absolute Gasteiger partial charge is 0.160 e. The summed E-state index contributed by atoms with van der Waals surface area (Å²) in [4.78, 5) is 10.5. The van der Waals surface area contributed by atoms with Crippen molar-refractivity contribution >= 4 is 54.1 Å². The molecule has 0 saturated heterocycles. The molecule has 0 N–H and O–H groups in total. The predicted molar refractivity (Wildman–Crippen MR) is 256 cm³/mol. The summed E-state index contributed by atoms with van der Waals surface area (Å²) in [7, 11) is 0. The summed E-state index contributed by atoms with van der Waals surface area (Å²) in [6, 6.07) is 80.5. The van der Waals surface area contributed by atoms with Crippen LogP contribution in [0.5, 0.6) is 0 Å². The van der Waals surface area contributed by atoms with Crippen LogP contribution in [-0.2, 0) is 0 Å². The van der Waals surface area contributed by atoms with Crippen LogP contribution in [0.3, 0.4) is 0 Å². The minimum absolute atomic E-state index is 0.702. The summed E-state index contributed by atoms with van der Waals surface area (Å²) in [5.74, 6) is 0.702. The van der Waals surface area contributed by atoms with Crippen molar-refractivity contribution in [3.05, 3.63) is 224 Å². The first-order valence-corrected chi connectivity index (χ1v) is 20.8. The van der Waals surface area contributed by atoms with Crippen molar-refractivity contribution in [2.75, 3.05) is 0 Å². The quantitative estimate of drug-likeness (QED) is 0.158. The number of benzene rings is 10. The third kappa shape index (κ3) is 5.90. The van der Waals surface area contributed by atoms with E-state index in [1.54, 1.807) is 0 Å². The Morgan fingerprint density at radius 2 is 0.787 bits per heavy atom. The second-order valence-electron chi connectivity index (χ2n) is 15.7. The lowest BCUT2D eigenvalue weighted by Gasteiger charge is -2.16. The number of para-hydroxylation sites is 2. The van der Waals surface area contributed by atoms with Crippen molar-refractivity contribution in [2.24, 2.45) is 0 Å². The summed E-state index contributed by atoms with van der Waals surface area (Å²) in [5.41, 5.74) is 13.2. The Bertz CT molecular complexity index is 3610. The van der Waals surface area contributed by atoms with E-state index in [0.29, 0.717) is 5.82 Å². The molecule has 0 atom stereocenters. The van der Waals surface area contributed by atoms with Crippen LogP contribution >= 0.6 is 0 Å². The Balaban J connectivity index is 1.06. The van der Waals surface area contributed by atoms with Crippen molar-refractivity contribution in [1.82, 2.24) is 14.5 Å². The van der Waals surface area contributed by atoms with E-state index in [1.807, 2.05) is 18.2 Å². The fourth-order valence-electron chi connectivity index (χ4n) is 9.32. The average Bonchev–Trinajstić information content (AvgIpc) is 3.68. The molecule has 2 heterocycles. The van der Waals surface area contributed by atoms with E-state index in [2.05, 4.69) is 211 Å². The molecular weight excluding hydrogens is 739 g/mol. The summed E-state index contributed by atoms with van der Waals surface area (Å²) < 4.78 is 2.39. The molecule has 10 aromatic carbocycles. The van der Waals surface area contributed by atoms with E-state index in [9.17, 15) is 0 Å². The minimum atomic E-state index is 0.702. The first-order valence-electron chi connectivity index (χ1n) is 20.8. The van der Waals surface area contributed by atoms with Crippen molar-refractivity contribution in [3.63, 3.8) is 0 Å². The lowest BCUT2D eigenvalue weighted by molar-refractivity contribution is 1.18. The molecule has 0 amide bonds. The summed E-state index contributed by atoms with van der Waals surface area (Å²) in [6.45, 7) is 0. The maximum absolute atomic E-state index is 5.33. The molecular formula is C58H37N3. The molecule has 0 bridgehead atoms. The Hall–Kier alpha value is -8.14. The molecule has 284 valence electrons. The van der Waals surface area contributed by atoms with Crippen molar-refractivity contribution < 1.29 is 0 Å². The average molecular weight is 776 g/mol. The van der Waals surface area contributed by atoms with Gasteiger partial charge in [0.05, 0.1) is 22.4 Å². The first kappa shape index (κ1) is 34.9. The molecule has 61 heavy (non-hydrogen) atoms. The summed E-state index contributed by atoms with van der Waals surface area (Å²) >= 11 is 0. The second kappa shape index (κ2) is 14.3.